The Balaban J connectivity index is 1.29. The second-order valence-electron chi connectivity index (χ2n) is 9.04. The number of hydrazone groups is 1. The Hall–Kier alpha value is -4.67. The summed E-state index contributed by atoms with van der Waals surface area (Å²) in [4.78, 5) is 24.8. The Morgan fingerprint density at radius 1 is 0.857 bits per heavy atom. The highest BCUT2D eigenvalue weighted by Crippen LogP contribution is 2.26. The molecule has 11 heteroatoms. The zero-order valence-electron chi connectivity index (χ0n) is 22.5. The molecule has 0 aromatic heterocycles. The first kappa shape index (κ1) is 30.3. The van der Waals surface area contributed by atoms with Crippen LogP contribution < -0.4 is 19.8 Å². The second-order valence-corrected chi connectivity index (χ2v) is 11.3. The highest BCUT2D eigenvalue weighted by molar-refractivity contribution is 7.92. The number of hydrogen-bond donors (Lipinski definition) is 2. The van der Waals surface area contributed by atoms with Crippen molar-refractivity contribution in [3.8, 4) is 5.75 Å². The molecule has 0 unspecified atom stereocenters. The molecule has 0 fully saturated rings. The second kappa shape index (κ2) is 14.8. The van der Waals surface area contributed by atoms with E-state index in [1.807, 2.05) is 30.3 Å². The Bertz CT molecular complexity index is 1620. The summed E-state index contributed by atoms with van der Waals surface area (Å²) >= 11 is 6.09. The monoisotopic (exact) mass is 604 g/mol. The zero-order chi connectivity index (χ0) is 29.8. The van der Waals surface area contributed by atoms with Crippen LogP contribution in [0.15, 0.2) is 119 Å². The minimum Gasteiger partial charge on any atom is -0.484 e. The van der Waals surface area contributed by atoms with Gasteiger partial charge >= 0.3 is 0 Å². The van der Waals surface area contributed by atoms with E-state index in [9.17, 15) is 18.0 Å². The molecule has 0 spiro atoms. The fraction of sp³-hybridized carbons (Fsp3) is 0.129. The van der Waals surface area contributed by atoms with E-state index in [0.717, 1.165) is 16.3 Å². The summed E-state index contributed by atoms with van der Waals surface area (Å²) in [5, 5.41) is 7.10. The molecule has 42 heavy (non-hydrogen) atoms. The summed E-state index contributed by atoms with van der Waals surface area (Å²) in [5.74, 6) is -0.373. The zero-order valence-corrected chi connectivity index (χ0v) is 24.1. The van der Waals surface area contributed by atoms with E-state index in [-0.39, 0.29) is 23.1 Å². The van der Waals surface area contributed by atoms with Gasteiger partial charge in [-0.25, -0.2) is 13.8 Å². The van der Waals surface area contributed by atoms with E-state index >= 15 is 0 Å². The van der Waals surface area contributed by atoms with Crippen LogP contribution in [0.2, 0.25) is 5.02 Å². The van der Waals surface area contributed by atoms with Crippen molar-refractivity contribution in [2.75, 3.05) is 24.0 Å². The number of anilines is 1. The Morgan fingerprint density at radius 2 is 1.55 bits per heavy atom. The van der Waals surface area contributed by atoms with Crippen molar-refractivity contribution in [1.29, 1.82) is 0 Å². The number of amides is 2. The van der Waals surface area contributed by atoms with E-state index in [2.05, 4.69) is 15.8 Å². The van der Waals surface area contributed by atoms with Gasteiger partial charge in [-0.15, -0.1) is 0 Å². The van der Waals surface area contributed by atoms with Gasteiger partial charge in [-0.1, -0.05) is 66.2 Å². The van der Waals surface area contributed by atoms with Gasteiger partial charge in [0, 0.05) is 11.6 Å². The molecule has 0 bridgehead atoms. The Labute approximate surface area is 249 Å². The van der Waals surface area contributed by atoms with Crippen molar-refractivity contribution in [3.05, 3.63) is 125 Å². The van der Waals surface area contributed by atoms with Crippen molar-refractivity contribution >= 4 is 45.3 Å². The molecule has 0 saturated heterocycles. The number of ether oxygens (including phenoxy) is 1. The Kier molecular flexibility index (Phi) is 10.7. The quantitative estimate of drug-likeness (QED) is 0.173. The molecular weight excluding hydrogens is 576 g/mol. The molecule has 2 amide bonds. The maximum atomic E-state index is 13.3. The molecule has 0 saturated carbocycles. The largest absolute Gasteiger partial charge is 0.484 e. The van der Waals surface area contributed by atoms with Gasteiger partial charge in [0.2, 0.25) is 0 Å². The molecule has 0 atom stereocenters. The lowest BCUT2D eigenvalue weighted by Gasteiger charge is -2.23. The number of benzene rings is 4. The van der Waals surface area contributed by atoms with Crippen LogP contribution in [0, 0.1) is 0 Å². The Morgan fingerprint density at radius 3 is 2.24 bits per heavy atom. The first-order valence-corrected chi connectivity index (χ1v) is 14.8. The van der Waals surface area contributed by atoms with Crippen LogP contribution in [0.5, 0.6) is 5.75 Å². The van der Waals surface area contributed by atoms with Gasteiger partial charge in [0.15, 0.2) is 6.61 Å². The molecule has 0 aliphatic carbocycles. The molecule has 4 aromatic carbocycles. The van der Waals surface area contributed by atoms with Crippen LogP contribution in [0.3, 0.4) is 0 Å². The average molecular weight is 605 g/mol. The van der Waals surface area contributed by atoms with Gasteiger partial charge in [0.1, 0.15) is 12.3 Å². The lowest BCUT2D eigenvalue weighted by molar-refractivity contribution is -0.123. The number of sulfonamides is 1. The third-order valence-corrected chi connectivity index (χ3v) is 7.97. The molecule has 216 valence electrons. The molecule has 0 heterocycles. The summed E-state index contributed by atoms with van der Waals surface area (Å²) in [5.41, 5.74) is 4.40. The van der Waals surface area contributed by atoms with Crippen LogP contribution >= 0.6 is 11.6 Å². The first-order valence-electron chi connectivity index (χ1n) is 13.0. The van der Waals surface area contributed by atoms with Crippen molar-refractivity contribution in [2.45, 2.75) is 11.3 Å². The maximum absolute atomic E-state index is 13.3. The summed E-state index contributed by atoms with van der Waals surface area (Å²) in [6.45, 7) is -0.120. The molecule has 0 radical (unpaired) electrons. The summed E-state index contributed by atoms with van der Waals surface area (Å²) in [6.07, 6.45) is 2.14. The van der Waals surface area contributed by atoms with E-state index in [1.54, 1.807) is 60.7 Å². The smallest absolute Gasteiger partial charge is 0.264 e. The van der Waals surface area contributed by atoms with Gasteiger partial charge in [0.25, 0.3) is 21.8 Å². The minimum atomic E-state index is -4.06. The molecule has 4 aromatic rings. The lowest BCUT2D eigenvalue weighted by Crippen LogP contribution is -2.39. The number of hydrogen-bond acceptors (Lipinski definition) is 6. The first-order chi connectivity index (χ1) is 20.3. The van der Waals surface area contributed by atoms with E-state index in [0.29, 0.717) is 22.9 Å². The fourth-order valence-corrected chi connectivity index (χ4v) is 5.47. The van der Waals surface area contributed by atoms with Crippen LogP contribution in [-0.4, -0.2) is 46.1 Å². The van der Waals surface area contributed by atoms with Crippen molar-refractivity contribution in [3.63, 3.8) is 0 Å². The van der Waals surface area contributed by atoms with E-state index < -0.39 is 22.5 Å². The standard InChI is InChI=1S/C31H29ClN4O5S/c32-26-10-7-11-27(20-26)36(42(39,40)29-12-5-2-6-13-29)22-30(37)35-34-21-25-14-16-28(17-15-25)41-23-31(38)33-19-18-24-8-3-1-4-9-24/h1-17,20-21H,18-19,22-23H2,(H,33,38)(H,35,37)/b34-21-. The highest BCUT2D eigenvalue weighted by atomic mass is 35.5. The predicted octanol–water partition coefficient (Wildman–Crippen LogP) is 4.42. The molecule has 9 nitrogen and oxygen atoms in total. The number of carbonyl (C=O) groups excluding carboxylic acids is 2. The molecule has 0 aliphatic heterocycles. The van der Waals surface area contributed by atoms with E-state index in [4.69, 9.17) is 16.3 Å². The summed E-state index contributed by atoms with van der Waals surface area (Å²) in [6, 6.07) is 30.7. The topological polar surface area (TPSA) is 117 Å². The van der Waals surface area contributed by atoms with Crippen molar-refractivity contribution < 1.29 is 22.7 Å². The normalized spacial score (nSPS) is 11.2. The third-order valence-electron chi connectivity index (χ3n) is 5.95. The fourth-order valence-electron chi connectivity index (χ4n) is 3.85. The highest BCUT2D eigenvalue weighted by Gasteiger charge is 2.27. The molecule has 4 rings (SSSR count). The number of halogens is 1. The summed E-state index contributed by atoms with van der Waals surface area (Å²) in [7, 11) is -4.06. The lowest BCUT2D eigenvalue weighted by atomic mass is 10.1. The number of nitrogens with zero attached hydrogens (tertiary/aromatic N) is 2. The van der Waals surface area contributed by atoms with E-state index in [1.165, 1.54) is 24.4 Å². The van der Waals surface area contributed by atoms with Crippen LogP contribution in [0.4, 0.5) is 5.69 Å². The van der Waals surface area contributed by atoms with Crippen molar-refractivity contribution in [2.24, 2.45) is 5.10 Å². The van der Waals surface area contributed by atoms with Gasteiger partial charge in [-0.05, 0) is 72.1 Å². The number of carbonyl (C=O) groups is 2. The predicted molar refractivity (Wildman–Crippen MR) is 163 cm³/mol. The van der Waals surface area contributed by atoms with Crippen molar-refractivity contribution in [1.82, 2.24) is 10.7 Å². The van der Waals surface area contributed by atoms with Gasteiger partial charge in [0.05, 0.1) is 16.8 Å². The molecule has 2 N–H and O–H groups in total. The number of nitrogens with one attached hydrogen (secondary N) is 2. The van der Waals surface area contributed by atoms with Crippen LogP contribution in [0.25, 0.3) is 0 Å². The molecule has 0 aliphatic rings. The minimum absolute atomic E-state index is 0.0354. The summed E-state index contributed by atoms with van der Waals surface area (Å²) < 4.78 is 33.2. The van der Waals surface area contributed by atoms with Crippen LogP contribution in [-0.2, 0) is 26.0 Å². The van der Waals surface area contributed by atoms with Gasteiger partial charge in [-0.3, -0.25) is 13.9 Å². The average Bonchev–Trinajstić information content (AvgIpc) is 3.00. The van der Waals surface area contributed by atoms with Gasteiger partial charge < -0.3 is 10.1 Å². The molecular formula is C31H29ClN4O5S. The SMILES string of the molecule is O=C(COc1ccc(/C=N\NC(=O)CN(c2cccc(Cl)c2)S(=O)(=O)c2ccccc2)cc1)NCCc1ccccc1. The van der Waals surface area contributed by atoms with Gasteiger partial charge in [-0.2, -0.15) is 5.10 Å². The van der Waals surface area contributed by atoms with Crippen LogP contribution in [0.1, 0.15) is 11.1 Å². The maximum Gasteiger partial charge on any atom is 0.264 e. The number of rotatable bonds is 13. The third kappa shape index (κ3) is 8.92.